The fourth-order valence-electron chi connectivity index (χ4n) is 7.12. The van der Waals surface area contributed by atoms with Gasteiger partial charge in [-0.3, -0.25) is 0 Å². The standard InChI is InChI=1S/C14H19N3/c15-17-16-14-7-4-9-8-1-6-2-11(9)13(14)12(3-6)10(8)5-7/h6-14H,1-5H2. The van der Waals surface area contributed by atoms with Crippen LogP contribution < -0.4 is 0 Å². The topological polar surface area (TPSA) is 48.8 Å². The van der Waals surface area contributed by atoms with E-state index >= 15 is 0 Å². The lowest BCUT2D eigenvalue weighted by molar-refractivity contribution is -0.210. The van der Waals surface area contributed by atoms with Gasteiger partial charge in [0.1, 0.15) is 0 Å². The number of nitrogens with zero attached hydrogens (tertiary/aromatic N) is 3. The van der Waals surface area contributed by atoms with Crippen LogP contribution >= 0.6 is 0 Å². The first-order chi connectivity index (χ1) is 8.36. The summed E-state index contributed by atoms with van der Waals surface area (Å²) in [7, 11) is 0. The Labute approximate surface area is 102 Å². The Hall–Kier alpha value is -0.690. The van der Waals surface area contributed by atoms with Gasteiger partial charge in [-0.15, -0.1) is 0 Å². The van der Waals surface area contributed by atoms with Crippen molar-refractivity contribution in [1.29, 1.82) is 0 Å². The summed E-state index contributed by atoms with van der Waals surface area (Å²) in [5.41, 5.74) is 8.83. The molecule has 3 heteroatoms. The van der Waals surface area contributed by atoms with Crippen LogP contribution in [0.3, 0.4) is 0 Å². The number of azide groups is 1. The molecule has 0 aliphatic heterocycles. The Morgan fingerprint density at radius 1 is 0.824 bits per heavy atom. The molecule has 7 rings (SSSR count). The molecule has 0 spiro atoms. The van der Waals surface area contributed by atoms with Crippen molar-refractivity contribution in [1.82, 2.24) is 0 Å². The summed E-state index contributed by atoms with van der Waals surface area (Å²) >= 11 is 0. The summed E-state index contributed by atoms with van der Waals surface area (Å²) in [6.07, 6.45) is 7.28. The molecule has 7 aliphatic rings. The van der Waals surface area contributed by atoms with Crippen LogP contribution in [-0.2, 0) is 0 Å². The van der Waals surface area contributed by atoms with Gasteiger partial charge >= 0.3 is 0 Å². The maximum atomic E-state index is 8.83. The van der Waals surface area contributed by atoms with Gasteiger partial charge in [0.15, 0.2) is 0 Å². The van der Waals surface area contributed by atoms with Gasteiger partial charge in [-0.1, -0.05) is 5.11 Å². The molecular weight excluding hydrogens is 210 g/mol. The molecule has 0 aromatic carbocycles. The van der Waals surface area contributed by atoms with Crippen molar-refractivity contribution >= 4 is 0 Å². The summed E-state index contributed by atoms with van der Waals surface area (Å²) in [6.45, 7) is 0. The molecule has 0 N–H and O–H groups in total. The summed E-state index contributed by atoms with van der Waals surface area (Å²) in [5, 5.41) is 4.23. The third-order valence-corrected chi connectivity index (χ3v) is 7.22. The van der Waals surface area contributed by atoms with E-state index < -0.39 is 0 Å². The van der Waals surface area contributed by atoms with Crippen LogP contribution in [0.4, 0.5) is 0 Å². The van der Waals surface area contributed by atoms with Crippen LogP contribution in [0, 0.1) is 47.3 Å². The normalized spacial score (nSPS) is 65.1. The van der Waals surface area contributed by atoms with E-state index in [0.717, 1.165) is 47.3 Å². The molecule has 7 saturated carbocycles. The van der Waals surface area contributed by atoms with Gasteiger partial charge in [0.25, 0.3) is 0 Å². The molecule has 17 heavy (non-hydrogen) atoms. The van der Waals surface area contributed by atoms with E-state index in [4.69, 9.17) is 5.53 Å². The smallest absolute Gasteiger partial charge is 0.0436 e. The van der Waals surface area contributed by atoms with Gasteiger partial charge in [0.05, 0.1) is 0 Å². The van der Waals surface area contributed by atoms with Crippen molar-refractivity contribution in [2.45, 2.75) is 38.1 Å². The quantitative estimate of drug-likeness (QED) is 0.374. The van der Waals surface area contributed by atoms with Crippen molar-refractivity contribution in [3.63, 3.8) is 0 Å². The Kier molecular flexibility index (Phi) is 1.54. The number of hydrogen-bond donors (Lipinski definition) is 0. The monoisotopic (exact) mass is 229 g/mol. The molecule has 8 bridgehead atoms. The molecule has 7 aliphatic carbocycles. The third kappa shape index (κ3) is 0.920. The highest BCUT2D eigenvalue weighted by Crippen LogP contribution is 2.71. The molecule has 0 aromatic rings. The first kappa shape index (κ1) is 9.27. The van der Waals surface area contributed by atoms with Gasteiger partial charge < -0.3 is 0 Å². The molecular formula is C14H19N3. The van der Waals surface area contributed by atoms with E-state index in [2.05, 4.69) is 10.0 Å². The summed E-state index contributed by atoms with van der Waals surface area (Å²) in [5.74, 6) is 7.62. The summed E-state index contributed by atoms with van der Waals surface area (Å²) < 4.78 is 0. The van der Waals surface area contributed by atoms with Crippen molar-refractivity contribution in [2.24, 2.45) is 52.5 Å². The molecule has 3 nitrogen and oxygen atoms in total. The van der Waals surface area contributed by atoms with Gasteiger partial charge in [-0.25, -0.2) is 0 Å². The first-order valence-corrected chi connectivity index (χ1v) is 7.41. The highest BCUT2D eigenvalue weighted by atomic mass is 15.2. The zero-order valence-electron chi connectivity index (χ0n) is 10.1. The maximum absolute atomic E-state index is 8.83. The minimum absolute atomic E-state index is 0.377. The van der Waals surface area contributed by atoms with E-state index in [0.29, 0.717) is 6.04 Å². The Bertz CT molecular complexity index is 403. The highest BCUT2D eigenvalue weighted by molar-refractivity contribution is 5.16. The van der Waals surface area contributed by atoms with E-state index in [1.54, 1.807) is 6.42 Å². The van der Waals surface area contributed by atoms with E-state index in [1.165, 1.54) is 25.7 Å². The summed E-state index contributed by atoms with van der Waals surface area (Å²) in [6, 6.07) is 0.377. The lowest BCUT2D eigenvalue weighted by atomic mass is 9.35. The number of rotatable bonds is 1. The van der Waals surface area contributed by atoms with Gasteiger partial charge in [0, 0.05) is 11.0 Å². The van der Waals surface area contributed by atoms with Crippen LogP contribution in [0.5, 0.6) is 0 Å². The zero-order chi connectivity index (χ0) is 11.1. The molecule has 5 unspecified atom stereocenters. The lowest BCUT2D eigenvalue weighted by Gasteiger charge is -2.71. The Balaban J connectivity index is 1.65. The third-order valence-electron chi connectivity index (χ3n) is 7.22. The fourth-order valence-corrected chi connectivity index (χ4v) is 7.12. The molecule has 0 radical (unpaired) electrons. The van der Waals surface area contributed by atoms with Gasteiger partial charge in [-0.2, -0.15) is 0 Å². The van der Waals surface area contributed by atoms with Gasteiger partial charge in [-0.05, 0) is 85.0 Å². The van der Waals surface area contributed by atoms with Crippen molar-refractivity contribution in [3.05, 3.63) is 10.4 Å². The average Bonchev–Trinajstić information content (AvgIpc) is 2.36. The average molecular weight is 229 g/mol. The lowest BCUT2D eigenvalue weighted by Crippen LogP contribution is -2.66. The minimum Gasteiger partial charge on any atom is -0.0900 e. The van der Waals surface area contributed by atoms with E-state index in [9.17, 15) is 0 Å². The Morgan fingerprint density at radius 2 is 1.41 bits per heavy atom. The minimum atomic E-state index is 0.377. The molecule has 0 heterocycles. The van der Waals surface area contributed by atoms with Crippen LogP contribution in [0.1, 0.15) is 32.1 Å². The molecule has 0 aromatic heterocycles. The molecule has 5 atom stereocenters. The molecule has 0 amide bonds. The second-order valence-corrected chi connectivity index (χ2v) is 7.40. The van der Waals surface area contributed by atoms with Crippen molar-refractivity contribution < 1.29 is 0 Å². The fraction of sp³-hybridized carbons (Fsp3) is 1.00. The molecule has 7 fully saturated rings. The van der Waals surface area contributed by atoms with Crippen molar-refractivity contribution in [2.75, 3.05) is 0 Å². The van der Waals surface area contributed by atoms with Crippen LogP contribution in [0.2, 0.25) is 0 Å². The Morgan fingerprint density at radius 3 is 2.06 bits per heavy atom. The van der Waals surface area contributed by atoms with Crippen LogP contribution in [0.25, 0.3) is 10.4 Å². The number of hydrogen-bond acceptors (Lipinski definition) is 1. The molecule has 0 saturated heterocycles. The predicted molar refractivity (Wildman–Crippen MR) is 63.9 cm³/mol. The van der Waals surface area contributed by atoms with Gasteiger partial charge in [0.2, 0.25) is 0 Å². The van der Waals surface area contributed by atoms with Crippen molar-refractivity contribution in [3.8, 4) is 0 Å². The van der Waals surface area contributed by atoms with E-state index in [-0.39, 0.29) is 0 Å². The first-order valence-electron chi connectivity index (χ1n) is 7.41. The highest BCUT2D eigenvalue weighted by Gasteiger charge is 2.66. The largest absolute Gasteiger partial charge is 0.0900 e. The predicted octanol–water partition coefficient (Wildman–Crippen LogP) is 3.61. The van der Waals surface area contributed by atoms with Crippen LogP contribution in [-0.4, -0.2) is 6.04 Å². The van der Waals surface area contributed by atoms with Crippen LogP contribution in [0.15, 0.2) is 5.11 Å². The van der Waals surface area contributed by atoms with E-state index in [1.807, 2.05) is 0 Å². The molecule has 90 valence electrons. The zero-order valence-corrected chi connectivity index (χ0v) is 10.1. The second-order valence-electron chi connectivity index (χ2n) is 7.40. The summed E-state index contributed by atoms with van der Waals surface area (Å²) in [4.78, 5) is 3.16. The second kappa shape index (κ2) is 2.83. The SMILES string of the molecule is [N-]=[N+]=NC1C2CC3C4CC5CC3C1C(C5)C4C2. The maximum Gasteiger partial charge on any atom is 0.0436 e.